The van der Waals surface area contributed by atoms with Crippen molar-refractivity contribution in [2.75, 3.05) is 18.5 Å². The number of hydrogen-bond acceptors (Lipinski definition) is 0. The summed E-state index contributed by atoms with van der Waals surface area (Å²) in [5.74, 6) is 0. The maximum atomic E-state index is 2.37. The minimum atomic E-state index is 0.364. The third-order valence-corrected chi connectivity index (χ3v) is 9.33. The van der Waals surface area contributed by atoms with Crippen molar-refractivity contribution in [3.05, 3.63) is 0 Å². The summed E-state index contributed by atoms with van der Waals surface area (Å²) in [6.07, 6.45) is 37.2. The van der Waals surface area contributed by atoms with Crippen LogP contribution in [0.1, 0.15) is 162 Å². The molecule has 0 bridgehead atoms. The first-order valence-electron chi connectivity index (χ1n) is 14.1. The standard InChI is InChI=1S/C28H59P/c1-4-7-10-12-14-16-18-20-22-24-27-29(26-9-6-3)28-25-23-21-19-17-15-13-11-8-5-2/h4-28H2,1-3H3. The van der Waals surface area contributed by atoms with Crippen LogP contribution in [-0.2, 0) is 0 Å². The fraction of sp³-hybridized carbons (Fsp3) is 1.00. The molecule has 0 radical (unpaired) electrons. The highest BCUT2D eigenvalue weighted by atomic mass is 31.1. The summed E-state index contributed by atoms with van der Waals surface area (Å²) < 4.78 is 0. The zero-order chi connectivity index (χ0) is 21.3. The van der Waals surface area contributed by atoms with Gasteiger partial charge in [-0.3, -0.25) is 0 Å². The molecule has 29 heavy (non-hydrogen) atoms. The van der Waals surface area contributed by atoms with E-state index in [-0.39, 0.29) is 0 Å². The van der Waals surface area contributed by atoms with Crippen molar-refractivity contribution in [3.8, 4) is 0 Å². The van der Waals surface area contributed by atoms with Gasteiger partial charge in [0.25, 0.3) is 0 Å². The largest absolute Gasteiger partial charge is 0.107 e. The average molecular weight is 427 g/mol. The normalized spacial score (nSPS) is 11.6. The molecule has 0 N–H and O–H groups in total. The van der Waals surface area contributed by atoms with Gasteiger partial charge in [0.15, 0.2) is 0 Å². The summed E-state index contributed by atoms with van der Waals surface area (Å²) in [4.78, 5) is 0. The lowest BCUT2D eigenvalue weighted by molar-refractivity contribution is 0.561. The molecule has 0 unspecified atom stereocenters. The Morgan fingerprint density at radius 3 is 0.828 bits per heavy atom. The van der Waals surface area contributed by atoms with Gasteiger partial charge in [-0.2, -0.15) is 0 Å². The van der Waals surface area contributed by atoms with E-state index in [1.54, 1.807) is 18.5 Å². The first-order valence-corrected chi connectivity index (χ1v) is 16.0. The van der Waals surface area contributed by atoms with Gasteiger partial charge in [0, 0.05) is 0 Å². The predicted molar refractivity (Wildman–Crippen MR) is 140 cm³/mol. The van der Waals surface area contributed by atoms with Crippen molar-refractivity contribution >= 4 is 7.92 Å². The zero-order valence-corrected chi connectivity index (χ0v) is 22.0. The molecule has 0 rings (SSSR count). The highest BCUT2D eigenvalue weighted by Gasteiger charge is 2.07. The van der Waals surface area contributed by atoms with Gasteiger partial charge in [-0.1, -0.05) is 143 Å². The molecule has 0 amide bonds. The molecule has 0 aromatic carbocycles. The van der Waals surface area contributed by atoms with E-state index in [0.29, 0.717) is 7.92 Å². The topological polar surface area (TPSA) is 0 Å². The lowest BCUT2D eigenvalue weighted by atomic mass is 10.1. The summed E-state index contributed by atoms with van der Waals surface area (Å²) >= 11 is 0. The molecule has 0 atom stereocenters. The number of unbranched alkanes of at least 4 members (excludes halogenated alkanes) is 19. The molecule has 1 heteroatoms. The van der Waals surface area contributed by atoms with E-state index in [2.05, 4.69) is 20.8 Å². The van der Waals surface area contributed by atoms with Gasteiger partial charge in [0.05, 0.1) is 0 Å². The Labute approximate surface area is 188 Å². The molecule has 0 spiro atoms. The lowest BCUT2D eigenvalue weighted by Crippen LogP contribution is -1.97. The molecule has 0 aromatic heterocycles. The van der Waals surface area contributed by atoms with Crippen molar-refractivity contribution < 1.29 is 0 Å². The van der Waals surface area contributed by atoms with Crippen molar-refractivity contribution in [1.29, 1.82) is 0 Å². The minimum Gasteiger partial charge on any atom is -0.107 e. The predicted octanol–water partition coefficient (Wildman–Crippen LogP) is 11.1. The van der Waals surface area contributed by atoms with Crippen LogP contribution in [0.3, 0.4) is 0 Å². The maximum absolute atomic E-state index is 2.37. The van der Waals surface area contributed by atoms with Crippen LogP contribution < -0.4 is 0 Å². The second kappa shape index (κ2) is 26.5. The van der Waals surface area contributed by atoms with Crippen LogP contribution in [-0.4, -0.2) is 18.5 Å². The van der Waals surface area contributed by atoms with Gasteiger partial charge in [-0.05, 0) is 37.7 Å². The third kappa shape index (κ3) is 24.6. The first kappa shape index (κ1) is 29.4. The van der Waals surface area contributed by atoms with E-state index >= 15 is 0 Å². The SMILES string of the molecule is CCCCCCCCCCCCP(CCCC)CCCCCCCCCCCC. The van der Waals surface area contributed by atoms with E-state index in [9.17, 15) is 0 Å². The van der Waals surface area contributed by atoms with E-state index in [0.717, 1.165) is 0 Å². The fourth-order valence-electron chi connectivity index (χ4n) is 4.36. The summed E-state index contributed by atoms with van der Waals surface area (Å²) in [6.45, 7) is 6.99. The van der Waals surface area contributed by atoms with Crippen molar-refractivity contribution in [2.24, 2.45) is 0 Å². The molecule has 176 valence electrons. The Kier molecular flexibility index (Phi) is 26.9. The summed E-state index contributed by atoms with van der Waals surface area (Å²) in [7, 11) is 0.364. The average Bonchev–Trinajstić information content (AvgIpc) is 2.74. The first-order chi connectivity index (χ1) is 14.3. The van der Waals surface area contributed by atoms with Gasteiger partial charge in [0.2, 0.25) is 0 Å². The number of rotatable bonds is 25. The summed E-state index contributed by atoms with van der Waals surface area (Å²) in [5, 5.41) is 0. The van der Waals surface area contributed by atoms with Crippen LogP contribution in [0.15, 0.2) is 0 Å². The summed E-state index contributed by atoms with van der Waals surface area (Å²) in [5.41, 5.74) is 0. The van der Waals surface area contributed by atoms with Crippen LogP contribution in [0.4, 0.5) is 0 Å². The highest BCUT2D eigenvalue weighted by molar-refractivity contribution is 7.57. The Morgan fingerprint density at radius 1 is 0.276 bits per heavy atom. The minimum absolute atomic E-state index is 0.364. The van der Waals surface area contributed by atoms with Crippen molar-refractivity contribution in [2.45, 2.75) is 162 Å². The smallest absolute Gasteiger partial charge is 0.0326 e. The van der Waals surface area contributed by atoms with E-state index in [1.165, 1.54) is 141 Å². The second-order valence-corrected chi connectivity index (χ2v) is 12.2. The fourth-order valence-corrected chi connectivity index (χ4v) is 7.14. The molecule has 0 saturated carbocycles. The van der Waals surface area contributed by atoms with Crippen molar-refractivity contribution in [1.82, 2.24) is 0 Å². The molecule has 0 aliphatic carbocycles. The van der Waals surface area contributed by atoms with Gasteiger partial charge in [0.1, 0.15) is 0 Å². The second-order valence-electron chi connectivity index (χ2n) is 9.56. The molecule has 0 aliphatic heterocycles. The third-order valence-electron chi connectivity index (χ3n) is 6.48. The van der Waals surface area contributed by atoms with Gasteiger partial charge in [-0.15, -0.1) is 7.92 Å². The molecule has 0 heterocycles. The van der Waals surface area contributed by atoms with E-state index < -0.39 is 0 Å². The molecule has 0 aromatic rings. The van der Waals surface area contributed by atoms with E-state index in [4.69, 9.17) is 0 Å². The van der Waals surface area contributed by atoms with Crippen LogP contribution in [0, 0.1) is 0 Å². The van der Waals surface area contributed by atoms with Gasteiger partial charge in [-0.25, -0.2) is 0 Å². The lowest BCUT2D eigenvalue weighted by Gasteiger charge is -2.17. The van der Waals surface area contributed by atoms with Crippen LogP contribution in [0.2, 0.25) is 0 Å². The number of hydrogen-bond donors (Lipinski definition) is 0. The Balaban J connectivity index is 3.52. The monoisotopic (exact) mass is 426 g/mol. The molecule has 0 aliphatic rings. The van der Waals surface area contributed by atoms with Crippen LogP contribution in [0.5, 0.6) is 0 Å². The maximum Gasteiger partial charge on any atom is -0.0326 e. The summed E-state index contributed by atoms with van der Waals surface area (Å²) in [6, 6.07) is 0. The molecular formula is C28H59P. The molecule has 0 saturated heterocycles. The van der Waals surface area contributed by atoms with Crippen molar-refractivity contribution in [3.63, 3.8) is 0 Å². The van der Waals surface area contributed by atoms with Crippen LogP contribution in [0.25, 0.3) is 0 Å². The molecular weight excluding hydrogens is 367 g/mol. The molecule has 0 nitrogen and oxygen atoms in total. The Morgan fingerprint density at radius 2 is 0.517 bits per heavy atom. The zero-order valence-electron chi connectivity index (χ0n) is 21.1. The Hall–Kier alpha value is 0.430. The molecule has 0 fully saturated rings. The van der Waals surface area contributed by atoms with Crippen LogP contribution >= 0.6 is 7.92 Å². The highest BCUT2D eigenvalue weighted by Crippen LogP contribution is 2.39. The van der Waals surface area contributed by atoms with Gasteiger partial charge < -0.3 is 0 Å². The Bertz CT molecular complexity index is 251. The van der Waals surface area contributed by atoms with E-state index in [1.807, 2.05) is 0 Å². The van der Waals surface area contributed by atoms with Gasteiger partial charge >= 0.3 is 0 Å². The quantitative estimate of drug-likeness (QED) is 0.100.